The Kier molecular flexibility index (Phi) is 3.15. The molecule has 2 rings (SSSR count). The summed E-state index contributed by atoms with van der Waals surface area (Å²) >= 11 is 5.93. The van der Waals surface area contributed by atoms with Crippen LogP contribution in [0.1, 0.15) is 18.7 Å². The number of anilines is 1. The Morgan fingerprint density at radius 3 is 2.81 bits per heavy atom. The predicted octanol–water partition coefficient (Wildman–Crippen LogP) is 3.25. The molecular formula is C12H14ClN3. The van der Waals surface area contributed by atoms with Gasteiger partial charge in [0.15, 0.2) is 0 Å². The molecule has 1 unspecified atom stereocenters. The highest BCUT2D eigenvalue weighted by Gasteiger charge is 2.08. The van der Waals surface area contributed by atoms with Gasteiger partial charge >= 0.3 is 0 Å². The van der Waals surface area contributed by atoms with E-state index in [-0.39, 0.29) is 6.04 Å². The number of aromatic nitrogens is 2. The van der Waals surface area contributed by atoms with E-state index in [1.165, 1.54) is 0 Å². The standard InChI is InChI=1S/C12H14ClN3/c1-9(12-6-7-14-16(12)2)15-11-5-3-4-10(13)8-11/h3-9,15H,1-2H3. The van der Waals surface area contributed by atoms with E-state index in [0.717, 1.165) is 16.4 Å². The molecular weight excluding hydrogens is 222 g/mol. The van der Waals surface area contributed by atoms with E-state index < -0.39 is 0 Å². The van der Waals surface area contributed by atoms with Crippen LogP contribution in [-0.2, 0) is 7.05 Å². The molecule has 0 aliphatic heterocycles. The second-order valence-electron chi connectivity index (χ2n) is 3.76. The summed E-state index contributed by atoms with van der Waals surface area (Å²) in [6.07, 6.45) is 1.80. The molecule has 16 heavy (non-hydrogen) atoms. The first-order valence-corrected chi connectivity index (χ1v) is 5.54. The number of rotatable bonds is 3. The molecule has 0 radical (unpaired) electrons. The quantitative estimate of drug-likeness (QED) is 0.885. The van der Waals surface area contributed by atoms with Crippen molar-refractivity contribution in [1.29, 1.82) is 0 Å². The second kappa shape index (κ2) is 4.58. The van der Waals surface area contributed by atoms with Gasteiger partial charge < -0.3 is 5.32 Å². The fourth-order valence-corrected chi connectivity index (χ4v) is 1.90. The van der Waals surface area contributed by atoms with Crippen LogP contribution >= 0.6 is 11.6 Å². The van der Waals surface area contributed by atoms with Gasteiger partial charge in [-0.3, -0.25) is 4.68 Å². The third-order valence-electron chi connectivity index (χ3n) is 2.51. The van der Waals surface area contributed by atoms with E-state index >= 15 is 0 Å². The number of hydrogen-bond donors (Lipinski definition) is 1. The van der Waals surface area contributed by atoms with Crippen LogP contribution in [0.3, 0.4) is 0 Å². The molecule has 1 atom stereocenters. The third kappa shape index (κ3) is 2.36. The van der Waals surface area contributed by atoms with Crippen molar-refractivity contribution in [2.45, 2.75) is 13.0 Å². The molecule has 1 N–H and O–H groups in total. The monoisotopic (exact) mass is 235 g/mol. The van der Waals surface area contributed by atoms with Gasteiger partial charge in [0, 0.05) is 24.0 Å². The van der Waals surface area contributed by atoms with Gasteiger partial charge in [-0.15, -0.1) is 0 Å². The van der Waals surface area contributed by atoms with Gasteiger partial charge in [-0.1, -0.05) is 17.7 Å². The topological polar surface area (TPSA) is 29.9 Å². The predicted molar refractivity (Wildman–Crippen MR) is 66.7 cm³/mol. The molecule has 0 fully saturated rings. The summed E-state index contributed by atoms with van der Waals surface area (Å²) in [6.45, 7) is 2.10. The first kappa shape index (κ1) is 11.0. The van der Waals surface area contributed by atoms with E-state index in [1.807, 2.05) is 42.1 Å². The minimum atomic E-state index is 0.200. The average molecular weight is 236 g/mol. The third-order valence-corrected chi connectivity index (χ3v) is 2.75. The summed E-state index contributed by atoms with van der Waals surface area (Å²) in [5, 5.41) is 8.27. The van der Waals surface area contributed by atoms with Crippen LogP contribution in [0.4, 0.5) is 5.69 Å². The minimum Gasteiger partial charge on any atom is -0.377 e. The van der Waals surface area contributed by atoms with Gasteiger partial charge in [-0.25, -0.2) is 0 Å². The van der Waals surface area contributed by atoms with Crippen molar-refractivity contribution in [1.82, 2.24) is 9.78 Å². The van der Waals surface area contributed by atoms with Gasteiger partial charge in [0.25, 0.3) is 0 Å². The maximum absolute atomic E-state index is 5.93. The molecule has 0 aliphatic rings. The maximum atomic E-state index is 5.93. The normalized spacial score (nSPS) is 12.4. The molecule has 0 spiro atoms. The Bertz CT molecular complexity index is 479. The molecule has 0 saturated carbocycles. The average Bonchev–Trinajstić information content (AvgIpc) is 2.64. The molecule has 2 aromatic rings. The zero-order chi connectivity index (χ0) is 11.5. The van der Waals surface area contributed by atoms with Crippen molar-refractivity contribution < 1.29 is 0 Å². The Labute approximate surface area is 100 Å². The summed E-state index contributed by atoms with van der Waals surface area (Å²) in [5.74, 6) is 0. The molecule has 0 bridgehead atoms. The van der Waals surface area contributed by atoms with E-state index in [0.29, 0.717) is 0 Å². The summed E-state index contributed by atoms with van der Waals surface area (Å²) in [7, 11) is 1.94. The van der Waals surface area contributed by atoms with Crippen LogP contribution < -0.4 is 5.32 Å². The lowest BCUT2D eigenvalue weighted by molar-refractivity contribution is 0.676. The van der Waals surface area contributed by atoms with Crippen LogP contribution in [0.2, 0.25) is 5.02 Å². The zero-order valence-corrected chi connectivity index (χ0v) is 10.1. The first-order chi connectivity index (χ1) is 7.66. The van der Waals surface area contributed by atoms with Crippen LogP contribution in [0.15, 0.2) is 36.5 Å². The number of nitrogens with one attached hydrogen (secondary N) is 1. The van der Waals surface area contributed by atoms with Crippen LogP contribution in [0.25, 0.3) is 0 Å². The first-order valence-electron chi connectivity index (χ1n) is 5.17. The van der Waals surface area contributed by atoms with E-state index in [1.54, 1.807) is 6.20 Å². The summed E-state index contributed by atoms with van der Waals surface area (Å²) in [5.41, 5.74) is 2.15. The van der Waals surface area contributed by atoms with Crippen molar-refractivity contribution in [3.05, 3.63) is 47.2 Å². The van der Waals surface area contributed by atoms with Crippen LogP contribution in [0, 0.1) is 0 Å². The van der Waals surface area contributed by atoms with Crippen molar-refractivity contribution >= 4 is 17.3 Å². The maximum Gasteiger partial charge on any atom is 0.0653 e. The van der Waals surface area contributed by atoms with Crippen LogP contribution in [-0.4, -0.2) is 9.78 Å². The second-order valence-corrected chi connectivity index (χ2v) is 4.19. The van der Waals surface area contributed by atoms with Crippen molar-refractivity contribution in [3.8, 4) is 0 Å². The highest BCUT2D eigenvalue weighted by molar-refractivity contribution is 6.30. The lowest BCUT2D eigenvalue weighted by Crippen LogP contribution is -2.11. The Morgan fingerprint density at radius 2 is 2.19 bits per heavy atom. The SMILES string of the molecule is CC(Nc1cccc(Cl)c1)c1ccnn1C. The smallest absolute Gasteiger partial charge is 0.0653 e. The summed E-state index contributed by atoms with van der Waals surface area (Å²) < 4.78 is 1.86. The van der Waals surface area contributed by atoms with Crippen molar-refractivity contribution in [3.63, 3.8) is 0 Å². The molecule has 0 amide bonds. The van der Waals surface area contributed by atoms with E-state index in [4.69, 9.17) is 11.6 Å². The fourth-order valence-electron chi connectivity index (χ4n) is 1.71. The molecule has 0 aliphatic carbocycles. The van der Waals surface area contributed by atoms with Gasteiger partial charge in [0.2, 0.25) is 0 Å². The van der Waals surface area contributed by atoms with E-state index in [9.17, 15) is 0 Å². The van der Waals surface area contributed by atoms with Crippen LogP contribution in [0.5, 0.6) is 0 Å². The van der Waals surface area contributed by atoms with Gasteiger partial charge in [0.05, 0.1) is 11.7 Å². The van der Waals surface area contributed by atoms with Gasteiger partial charge in [-0.05, 0) is 31.2 Å². The largest absolute Gasteiger partial charge is 0.377 e. The number of hydrogen-bond acceptors (Lipinski definition) is 2. The van der Waals surface area contributed by atoms with E-state index in [2.05, 4.69) is 17.3 Å². The molecule has 1 heterocycles. The molecule has 1 aromatic heterocycles. The number of benzene rings is 1. The Balaban J connectivity index is 2.14. The molecule has 84 valence electrons. The molecule has 1 aromatic carbocycles. The molecule has 0 saturated heterocycles. The number of aryl methyl sites for hydroxylation is 1. The number of nitrogens with zero attached hydrogens (tertiary/aromatic N) is 2. The lowest BCUT2D eigenvalue weighted by atomic mass is 10.2. The Morgan fingerprint density at radius 1 is 1.38 bits per heavy atom. The highest BCUT2D eigenvalue weighted by atomic mass is 35.5. The summed E-state index contributed by atoms with van der Waals surface area (Å²) in [4.78, 5) is 0. The zero-order valence-electron chi connectivity index (χ0n) is 9.31. The van der Waals surface area contributed by atoms with Gasteiger partial charge in [0.1, 0.15) is 0 Å². The highest BCUT2D eigenvalue weighted by Crippen LogP contribution is 2.21. The van der Waals surface area contributed by atoms with Crippen molar-refractivity contribution in [2.24, 2.45) is 7.05 Å². The van der Waals surface area contributed by atoms with Gasteiger partial charge in [-0.2, -0.15) is 5.10 Å². The minimum absolute atomic E-state index is 0.200. The molecule has 3 nitrogen and oxygen atoms in total. The lowest BCUT2D eigenvalue weighted by Gasteiger charge is -2.15. The number of halogens is 1. The fraction of sp³-hybridized carbons (Fsp3) is 0.250. The summed E-state index contributed by atoms with van der Waals surface area (Å²) in [6, 6.07) is 9.91. The molecule has 4 heteroatoms. The Hall–Kier alpha value is -1.48. The van der Waals surface area contributed by atoms with Crippen molar-refractivity contribution in [2.75, 3.05) is 5.32 Å².